The number of carbonyl (C=O) groups excluding carboxylic acids is 2. The van der Waals surface area contributed by atoms with Crippen LogP contribution in [0.5, 0.6) is 0 Å². The Morgan fingerprint density at radius 1 is 1.20 bits per heavy atom. The zero-order chi connectivity index (χ0) is 14.7. The predicted octanol–water partition coefficient (Wildman–Crippen LogP) is 3.07. The highest BCUT2D eigenvalue weighted by molar-refractivity contribution is 7.14. The summed E-state index contributed by atoms with van der Waals surface area (Å²) >= 11 is 1.10. The summed E-state index contributed by atoms with van der Waals surface area (Å²) in [7, 11) is 1.21. The van der Waals surface area contributed by atoms with Gasteiger partial charge in [0.05, 0.1) is 18.2 Å². The molecule has 0 saturated carbocycles. The lowest BCUT2D eigenvalue weighted by Gasteiger charge is -2.06. The van der Waals surface area contributed by atoms with Crippen LogP contribution in [-0.4, -0.2) is 19.0 Å². The molecule has 1 aromatic carbocycles. The average molecular weight is 297 g/mol. The Balaban J connectivity index is 2.24. The maximum Gasteiger partial charge on any atom is 0.340 e. The number of carbonyl (C=O) groups is 2. The predicted molar refractivity (Wildman–Crippen MR) is 70.0 cm³/mol. The van der Waals surface area contributed by atoms with Crippen molar-refractivity contribution in [1.29, 1.82) is 0 Å². The molecule has 1 amide bonds. The number of halogens is 2. The van der Waals surface area contributed by atoms with Crippen molar-refractivity contribution in [2.24, 2.45) is 0 Å². The summed E-state index contributed by atoms with van der Waals surface area (Å²) in [5.74, 6) is -3.12. The molecule has 0 bridgehead atoms. The Hall–Kier alpha value is -2.28. The van der Waals surface area contributed by atoms with Gasteiger partial charge < -0.3 is 10.1 Å². The van der Waals surface area contributed by atoms with E-state index in [1.165, 1.54) is 13.2 Å². The molecule has 20 heavy (non-hydrogen) atoms. The van der Waals surface area contributed by atoms with E-state index in [1.54, 1.807) is 5.38 Å². The zero-order valence-electron chi connectivity index (χ0n) is 10.3. The fourth-order valence-corrected chi connectivity index (χ4v) is 2.29. The van der Waals surface area contributed by atoms with Gasteiger partial charge in [0.2, 0.25) is 0 Å². The first-order valence-corrected chi connectivity index (χ1v) is 6.33. The number of rotatable bonds is 3. The summed E-state index contributed by atoms with van der Waals surface area (Å²) in [6, 6.07) is 4.11. The summed E-state index contributed by atoms with van der Waals surface area (Å²) < 4.78 is 30.8. The Morgan fingerprint density at radius 2 is 1.95 bits per heavy atom. The third kappa shape index (κ3) is 2.83. The first kappa shape index (κ1) is 14.1. The van der Waals surface area contributed by atoms with Gasteiger partial charge in [-0.2, -0.15) is 0 Å². The number of methoxy groups -OCH3 is 1. The monoisotopic (exact) mass is 297 g/mol. The van der Waals surface area contributed by atoms with Crippen LogP contribution in [-0.2, 0) is 4.74 Å². The van der Waals surface area contributed by atoms with Crippen molar-refractivity contribution >= 4 is 28.2 Å². The first-order valence-electron chi connectivity index (χ1n) is 5.45. The Kier molecular flexibility index (Phi) is 4.09. The number of amides is 1. The quantitative estimate of drug-likeness (QED) is 0.886. The minimum absolute atomic E-state index is 0.174. The van der Waals surface area contributed by atoms with E-state index in [0.29, 0.717) is 6.07 Å². The molecule has 0 saturated heterocycles. The van der Waals surface area contributed by atoms with Gasteiger partial charge in [0.1, 0.15) is 16.6 Å². The molecule has 0 spiro atoms. The van der Waals surface area contributed by atoms with Gasteiger partial charge in [0.25, 0.3) is 5.91 Å². The second-order valence-electron chi connectivity index (χ2n) is 3.73. The smallest absolute Gasteiger partial charge is 0.340 e. The van der Waals surface area contributed by atoms with Gasteiger partial charge in [0, 0.05) is 6.07 Å². The van der Waals surface area contributed by atoms with E-state index in [0.717, 1.165) is 23.5 Å². The molecule has 104 valence electrons. The lowest BCUT2D eigenvalue weighted by Crippen LogP contribution is -2.15. The number of esters is 1. The van der Waals surface area contributed by atoms with Crippen molar-refractivity contribution in [2.45, 2.75) is 0 Å². The summed E-state index contributed by atoms with van der Waals surface area (Å²) in [6.07, 6.45) is 0. The molecule has 0 atom stereocenters. The SMILES string of the molecule is COC(=O)c1ccsc1NC(=O)c1ccc(F)cc1F. The average Bonchev–Trinajstić information content (AvgIpc) is 2.85. The van der Waals surface area contributed by atoms with Gasteiger partial charge in [-0.15, -0.1) is 11.3 Å². The molecule has 0 fully saturated rings. The molecule has 4 nitrogen and oxygen atoms in total. The molecule has 1 heterocycles. The van der Waals surface area contributed by atoms with Crippen molar-refractivity contribution in [1.82, 2.24) is 0 Å². The molecule has 2 aromatic rings. The topological polar surface area (TPSA) is 55.4 Å². The molecular weight excluding hydrogens is 288 g/mol. The van der Waals surface area contributed by atoms with E-state index in [1.807, 2.05) is 0 Å². The summed E-state index contributed by atoms with van der Waals surface area (Å²) in [6.45, 7) is 0. The summed E-state index contributed by atoms with van der Waals surface area (Å²) in [5, 5.41) is 4.23. The normalized spacial score (nSPS) is 10.2. The summed E-state index contributed by atoms with van der Waals surface area (Å²) in [5.41, 5.74) is -0.135. The van der Waals surface area contributed by atoms with Crippen molar-refractivity contribution in [2.75, 3.05) is 12.4 Å². The molecule has 1 N–H and O–H groups in total. The molecule has 7 heteroatoms. The van der Waals surface area contributed by atoms with Crippen LogP contribution in [0.3, 0.4) is 0 Å². The van der Waals surface area contributed by atoms with Gasteiger partial charge in [0.15, 0.2) is 0 Å². The van der Waals surface area contributed by atoms with E-state index >= 15 is 0 Å². The standard InChI is InChI=1S/C13H9F2NO3S/c1-19-13(18)9-4-5-20-12(9)16-11(17)8-3-2-7(14)6-10(8)15/h2-6H,1H3,(H,16,17). The highest BCUT2D eigenvalue weighted by atomic mass is 32.1. The van der Waals surface area contributed by atoms with Crippen LogP contribution in [0, 0.1) is 11.6 Å². The van der Waals surface area contributed by atoms with Gasteiger partial charge >= 0.3 is 5.97 Å². The third-order valence-electron chi connectivity index (χ3n) is 2.47. The number of anilines is 1. The third-order valence-corrected chi connectivity index (χ3v) is 3.30. The number of nitrogens with one attached hydrogen (secondary N) is 1. The number of hydrogen-bond donors (Lipinski definition) is 1. The van der Waals surface area contributed by atoms with Gasteiger partial charge in [-0.05, 0) is 23.6 Å². The lowest BCUT2D eigenvalue weighted by atomic mass is 10.2. The number of benzene rings is 1. The van der Waals surface area contributed by atoms with E-state index in [9.17, 15) is 18.4 Å². The van der Waals surface area contributed by atoms with Crippen LogP contribution >= 0.6 is 11.3 Å². The maximum atomic E-state index is 13.5. The van der Waals surface area contributed by atoms with E-state index in [2.05, 4.69) is 10.1 Å². The van der Waals surface area contributed by atoms with Crippen molar-refractivity contribution < 1.29 is 23.1 Å². The van der Waals surface area contributed by atoms with Gasteiger partial charge in [-0.3, -0.25) is 4.79 Å². The molecule has 1 aromatic heterocycles. The Bertz CT molecular complexity index is 669. The fourth-order valence-electron chi connectivity index (χ4n) is 1.52. The van der Waals surface area contributed by atoms with Crippen LogP contribution in [0.2, 0.25) is 0 Å². The van der Waals surface area contributed by atoms with Crippen molar-refractivity contribution in [3.8, 4) is 0 Å². The number of thiophene rings is 1. The van der Waals surface area contributed by atoms with Crippen LogP contribution in [0.1, 0.15) is 20.7 Å². The van der Waals surface area contributed by atoms with Gasteiger partial charge in [-0.1, -0.05) is 0 Å². The number of hydrogen-bond acceptors (Lipinski definition) is 4. The molecule has 2 rings (SSSR count). The highest BCUT2D eigenvalue weighted by Gasteiger charge is 2.18. The molecule has 0 unspecified atom stereocenters. The van der Waals surface area contributed by atoms with Crippen LogP contribution in [0.15, 0.2) is 29.6 Å². The number of ether oxygens (including phenoxy) is 1. The van der Waals surface area contributed by atoms with E-state index < -0.39 is 23.5 Å². The van der Waals surface area contributed by atoms with Crippen molar-refractivity contribution in [3.05, 3.63) is 52.4 Å². The van der Waals surface area contributed by atoms with Crippen LogP contribution in [0.4, 0.5) is 13.8 Å². The Labute approximate surface area is 117 Å². The fraction of sp³-hybridized carbons (Fsp3) is 0.0769. The second kappa shape index (κ2) is 5.79. The first-order chi connectivity index (χ1) is 9.52. The molecular formula is C13H9F2NO3S. The maximum absolute atomic E-state index is 13.5. The van der Waals surface area contributed by atoms with Crippen LogP contribution in [0.25, 0.3) is 0 Å². The zero-order valence-corrected chi connectivity index (χ0v) is 11.1. The second-order valence-corrected chi connectivity index (χ2v) is 4.65. The van der Waals surface area contributed by atoms with Gasteiger partial charge in [-0.25, -0.2) is 13.6 Å². The van der Waals surface area contributed by atoms with E-state index in [4.69, 9.17) is 0 Å². The largest absolute Gasteiger partial charge is 0.465 e. The van der Waals surface area contributed by atoms with E-state index in [-0.39, 0.29) is 16.1 Å². The molecule has 0 radical (unpaired) electrons. The minimum atomic E-state index is -0.973. The van der Waals surface area contributed by atoms with Crippen LogP contribution < -0.4 is 5.32 Å². The highest BCUT2D eigenvalue weighted by Crippen LogP contribution is 2.25. The minimum Gasteiger partial charge on any atom is -0.465 e. The summed E-state index contributed by atoms with van der Waals surface area (Å²) in [4.78, 5) is 23.3. The molecule has 0 aliphatic rings. The molecule has 0 aliphatic carbocycles. The molecule has 0 aliphatic heterocycles. The Morgan fingerprint density at radius 3 is 2.60 bits per heavy atom. The lowest BCUT2D eigenvalue weighted by molar-refractivity contribution is 0.0602. The van der Waals surface area contributed by atoms with Crippen molar-refractivity contribution in [3.63, 3.8) is 0 Å².